The van der Waals surface area contributed by atoms with Gasteiger partial charge in [-0.2, -0.15) is 22.7 Å². The summed E-state index contributed by atoms with van der Waals surface area (Å²) < 4.78 is 81.1. The Labute approximate surface area is 188 Å². The van der Waals surface area contributed by atoms with E-state index in [0.29, 0.717) is 0 Å². The third-order valence-electron chi connectivity index (χ3n) is 5.41. The maximum absolute atomic E-state index is 13.6. The number of rotatable bonds is 4. The minimum Gasteiger partial charge on any atom is -0.368 e. The van der Waals surface area contributed by atoms with Crippen molar-refractivity contribution < 1.29 is 30.8 Å². The Morgan fingerprint density at radius 1 is 1.18 bits per heavy atom. The Balaban J connectivity index is 1.97. The molecule has 0 bridgehead atoms. The maximum atomic E-state index is 13.6. The van der Waals surface area contributed by atoms with Crippen molar-refractivity contribution >= 4 is 21.6 Å². The Morgan fingerprint density at radius 2 is 1.88 bits per heavy atom. The van der Waals surface area contributed by atoms with Gasteiger partial charge >= 0.3 is 6.18 Å². The molecule has 7 nitrogen and oxygen atoms in total. The second-order valence-corrected chi connectivity index (χ2v) is 9.33. The van der Waals surface area contributed by atoms with E-state index in [9.17, 15) is 30.8 Å². The molecule has 176 valence electrons. The molecule has 2 aromatic rings. The van der Waals surface area contributed by atoms with Crippen LogP contribution >= 0.6 is 0 Å². The van der Waals surface area contributed by atoms with E-state index in [-0.39, 0.29) is 35.8 Å². The van der Waals surface area contributed by atoms with Gasteiger partial charge in [0.2, 0.25) is 15.9 Å². The molecule has 1 aliphatic rings. The van der Waals surface area contributed by atoms with Gasteiger partial charge in [-0.05, 0) is 48.9 Å². The van der Waals surface area contributed by atoms with E-state index in [0.717, 1.165) is 34.6 Å². The fourth-order valence-electron chi connectivity index (χ4n) is 3.64. The summed E-state index contributed by atoms with van der Waals surface area (Å²) in [4.78, 5) is 13.8. The summed E-state index contributed by atoms with van der Waals surface area (Å²) in [6.07, 6.45) is -4.76. The smallest absolute Gasteiger partial charge is 0.368 e. The standard InChI is InChI=1S/C21H20F4N4O3S/c1-13-9-16(5-6-18(13)22)33(31,32)29-8-7-28(12-19(29)20(30)27-2)15-4-3-14(11-26)17(10-15)21(23,24)25/h3-6,9-10,19H,7-8,12H2,1-2H3,(H,27,30). The number of anilines is 1. The van der Waals surface area contributed by atoms with E-state index >= 15 is 0 Å². The van der Waals surface area contributed by atoms with Gasteiger partial charge in [0, 0.05) is 32.4 Å². The zero-order valence-corrected chi connectivity index (χ0v) is 18.5. The quantitative estimate of drug-likeness (QED) is 0.674. The molecule has 0 aromatic heterocycles. The molecule has 1 heterocycles. The lowest BCUT2D eigenvalue weighted by Gasteiger charge is -2.40. The molecule has 2 aromatic carbocycles. The average Bonchev–Trinajstić information content (AvgIpc) is 2.78. The van der Waals surface area contributed by atoms with Crippen molar-refractivity contribution in [1.82, 2.24) is 9.62 Å². The van der Waals surface area contributed by atoms with Crippen molar-refractivity contribution in [3.63, 3.8) is 0 Å². The van der Waals surface area contributed by atoms with Crippen LogP contribution in [-0.2, 0) is 21.0 Å². The molecule has 1 fully saturated rings. The van der Waals surface area contributed by atoms with Gasteiger partial charge in [0.05, 0.1) is 22.1 Å². The monoisotopic (exact) mass is 484 g/mol. The van der Waals surface area contributed by atoms with E-state index in [1.54, 1.807) is 0 Å². The molecule has 1 atom stereocenters. The van der Waals surface area contributed by atoms with Crippen LogP contribution in [-0.4, -0.2) is 51.4 Å². The van der Waals surface area contributed by atoms with Crippen LogP contribution in [0, 0.1) is 24.1 Å². The molecule has 1 N–H and O–H groups in total. The molecule has 3 rings (SSSR count). The normalized spacial score (nSPS) is 17.5. The maximum Gasteiger partial charge on any atom is 0.417 e. The first-order valence-corrected chi connectivity index (χ1v) is 11.2. The van der Waals surface area contributed by atoms with Gasteiger partial charge in [-0.1, -0.05) is 0 Å². The number of nitrogens with zero attached hydrogens (tertiary/aromatic N) is 3. The van der Waals surface area contributed by atoms with Crippen LogP contribution in [0.2, 0.25) is 0 Å². The second kappa shape index (κ2) is 8.99. The van der Waals surface area contributed by atoms with Crippen molar-refractivity contribution in [2.24, 2.45) is 0 Å². The molecule has 1 amide bonds. The highest BCUT2D eigenvalue weighted by Gasteiger charge is 2.41. The minimum atomic E-state index is -4.76. The summed E-state index contributed by atoms with van der Waals surface area (Å²) in [5.74, 6) is -1.23. The first-order valence-electron chi connectivity index (χ1n) is 9.76. The number of sulfonamides is 1. The van der Waals surface area contributed by atoms with Crippen LogP contribution < -0.4 is 10.2 Å². The van der Waals surface area contributed by atoms with Crippen LogP contribution in [0.15, 0.2) is 41.3 Å². The molecular formula is C21H20F4N4O3S. The number of piperazine rings is 1. The number of aryl methyl sites for hydroxylation is 1. The zero-order chi connectivity index (χ0) is 24.6. The topological polar surface area (TPSA) is 93.5 Å². The predicted octanol–water partition coefficient (Wildman–Crippen LogP) is 2.65. The Kier molecular flexibility index (Phi) is 6.67. The average molecular weight is 484 g/mol. The number of nitrogens with one attached hydrogen (secondary N) is 1. The third-order valence-corrected chi connectivity index (χ3v) is 7.31. The number of nitriles is 1. The highest BCUT2D eigenvalue weighted by molar-refractivity contribution is 7.89. The molecule has 0 aliphatic carbocycles. The highest BCUT2D eigenvalue weighted by atomic mass is 32.2. The molecule has 0 radical (unpaired) electrons. The fourth-order valence-corrected chi connectivity index (χ4v) is 5.30. The van der Waals surface area contributed by atoms with Gasteiger partial charge in [0.15, 0.2) is 0 Å². The summed E-state index contributed by atoms with van der Waals surface area (Å²) in [7, 11) is -2.88. The van der Waals surface area contributed by atoms with Crippen molar-refractivity contribution in [3.05, 3.63) is 58.9 Å². The summed E-state index contributed by atoms with van der Waals surface area (Å²) in [5, 5.41) is 11.4. The number of benzene rings is 2. The molecular weight excluding hydrogens is 464 g/mol. The molecule has 12 heteroatoms. The number of carbonyl (C=O) groups excluding carboxylic acids is 1. The van der Waals surface area contributed by atoms with E-state index in [2.05, 4.69) is 5.32 Å². The first-order chi connectivity index (χ1) is 15.4. The van der Waals surface area contributed by atoms with Crippen LogP contribution in [0.3, 0.4) is 0 Å². The van der Waals surface area contributed by atoms with Crippen LogP contribution in [0.4, 0.5) is 23.2 Å². The van der Waals surface area contributed by atoms with Gasteiger partial charge in [0.1, 0.15) is 11.9 Å². The molecule has 1 unspecified atom stereocenters. The summed E-state index contributed by atoms with van der Waals surface area (Å²) in [6, 6.07) is 6.71. The van der Waals surface area contributed by atoms with Gasteiger partial charge in [0.25, 0.3) is 0 Å². The number of hydrogen-bond donors (Lipinski definition) is 1. The first kappa shape index (κ1) is 24.5. The Bertz CT molecular complexity index is 1220. The summed E-state index contributed by atoms with van der Waals surface area (Å²) in [5.41, 5.74) is -1.44. The van der Waals surface area contributed by atoms with Crippen molar-refractivity contribution in [2.75, 3.05) is 31.6 Å². The second-order valence-electron chi connectivity index (χ2n) is 7.44. The number of alkyl halides is 3. The van der Waals surface area contributed by atoms with Crippen molar-refractivity contribution in [1.29, 1.82) is 5.26 Å². The number of hydrogen-bond acceptors (Lipinski definition) is 5. The molecule has 1 aliphatic heterocycles. The van der Waals surface area contributed by atoms with Crippen LogP contribution in [0.25, 0.3) is 0 Å². The number of carbonyl (C=O) groups is 1. The van der Waals surface area contributed by atoms with Gasteiger partial charge in [-0.25, -0.2) is 12.8 Å². The summed E-state index contributed by atoms with van der Waals surface area (Å²) in [6.45, 7) is 0.988. The largest absolute Gasteiger partial charge is 0.417 e. The SMILES string of the molecule is CNC(=O)C1CN(c2ccc(C#N)c(C(F)(F)F)c2)CCN1S(=O)(=O)c1ccc(F)c(C)c1. The van der Waals surface area contributed by atoms with Crippen LogP contribution in [0.1, 0.15) is 16.7 Å². The number of amides is 1. The third kappa shape index (κ3) is 4.79. The van der Waals surface area contributed by atoms with Gasteiger partial charge in [-0.15, -0.1) is 0 Å². The lowest BCUT2D eigenvalue weighted by Crippen LogP contribution is -2.60. The van der Waals surface area contributed by atoms with E-state index < -0.39 is 45.1 Å². The molecule has 0 spiro atoms. The minimum absolute atomic E-state index is 0.00387. The Hall–Kier alpha value is -3.17. The molecule has 33 heavy (non-hydrogen) atoms. The predicted molar refractivity (Wildman–Crippen MR) is 111 cm³/mol. The van der Waals surface area contributed by atoms with E-state index in [1.165, 1.54) is 31.0 Å². The number of halogens is 4. The highest BCUT2D eigenvalue weighted by Crippen LogP contribution is 2.35. The number of likely N-dealkylation sites (N-methyl/N-ethyl adjacent to an activating group) is 1. The van der Waals surface area contributed by atoms with Crippen molar-refractivity contribution in [2.45, 2.75) is 24.0 Å². The summed E-state index contributed by atoms with van der Waals surface area (Å²) >= 11 is 0. The van der Waals surface area contributed by atoms with Crippen LogP contribution in [0.5, 0.6) is 0 Å². The molecule has 1 saturated heterocycles. The zero-order valence-electron chi connectivity index (χ0n) is 17.6. The van der Waals surface area contributed by atoms with E-state index in [1.807, 2.05) is 0 Å². The van der Waals surface area contributed by atoms with Gasteiger partial charge in [-0.3, -0.25) is 4.79 Å². The Morgan fingerprint density at radius 3 is 2.45 bits per heavy atom. The van der Waals surface area contributed by atoms with Crippen molar-refractivity contribution in [3.8, 4) is 6.07 Å². The molecule has 0 saturated carbocycles. The van der Waals surface area contributed by atoms with Gasteiger partial charge < -0.3 is 10.2 Å². The lowest BCUT2D eigenvalue weighted by atomic mass is 10.1. The van der Waals surface area contributed by atoms with E-state index in [4.69, 9.17) is 5.26 Å². The lowest BCUT2D eigenvalue weighted by molar-refractivity contribution is -0.137. The fraction of sp³-hybridized carbons (Fsp3) is 0.333.